The number of hydrogen-bond acceptors (Lipinski definition) is 5. The summed E-state index contributed by atoms with van der Waals surface area (Å²) in [4.78, 5) is 23.4. The summed E-state index contributed by atoms with van der Waals surface area (Å²) in [6.07, 6.45) is -0.543. The first kappa shape index (κ1) is 15.0. The smallest absolute Gasteiger partial charge is 0.313 e. The van der Waals surface area contributed by atoms with Crippen molar-refractivity contribution in [3.8, 4) is 11.5 Å². The third-order valence-electron chi connectivity index (χ3n) is 2.38. The van der Waals surface area contributed by atoms with Crippen LogP contribution in [0, 0.1) is 0 Å². The van der Waals surface area contributed by atoms with Gasteiger partial charge < -0.3 is 14.2 Å². The van der Waals surface area contributed by atoms with Crippen molar-refractivity contribution in [1.82, 2.24) is 0 Å². The van der Waals surface area contributed by atoms with E-state index in [0.29, 0.717) is 17.1 Å². The summed E-state index contributed by atoms with van der Waals surface area (Å²) in [6.45, 7) is 3.46. The van der Waals surface area contributed by atoms with Gasteiger partial charge in [-0.2, -0.15) is 0 Å². The summed E-state index contributed by atoms with van der Waals surface area (Å²) in [5.74, 6) is 0.0721. The van der Waals surface area contributed by atoms with Crippen LogP contribution in [0.4, 0.5) is 0 Å². The molecule has 0 aromatic heterocycles. The maximum absolute atomic E-state index is 12.0. The summed E-state index contributed by atoms with van der Waals surface area (Å²) in [5.41, 5.74) is 0.337. The fraction of sp³-hybridized carbons (Fsp3) is 0.429. The zero-order chi connectivity index (χ0) is 14.4. The zero-order valence-corrected chi connectivity index (χ0v) is 11.6. The summed E-state index contributed by atoms with van der Waals surface area (Å²) < 4.78 is 15.1. The van der Waals surface area contributed by atoms with Crippen LogP contribution in [0.5, 0.6) is 11.5 Å². The summed E-state index contributed by atoms with van der Waals surface area (Å²) >= 11 is 0. The van der Waals surface area contributed by atoms with Gasteiger partial charge in [-0.3, -0.25) is 9.59 Å². The van der Waals surface area contributed by atoms with Gasteiger partial charge in [0.25, 0.3) is 0 Å². The van der Waals surface area contributed by atoms with Crippen molar-refractivity contribution in [2.45, 2.75) is 26.4 Å². The molecule has 0 N–H and O–H groups in total. The lowest BCUT2D eigenvalue weighted by atomic mass is 10.1. The number of carbonyl (C=O) groups is 2. The molecular weight excluding hydrogens is 248 g/mol. The van der Waals surface area contributed by atoms with E-state index >= 15 is 0 Å². The minimum Gasteiger partial charge on any atom is -0.497 e. The van der Waals surface area contributed by atoms with E-state index in [1.165, 1.54) is 14.2 Å². The third-order valence-corrected chi connectivity index (χ3v) is 2.38. The molecule has 0 aliphatic carbocycles. The molecule has 0 bridgehead atoms. The van der Waals surface area contributed by atoms with Gasteiger partial charge in [0.05, 0.1) is 25.9 Å². The lowest BCUT2D eigenvalue weighted by molar-refractivity contribution is -0.146. The van der Waals surface area contributed by atoms with E-state index in [1.807, 2.05) is 0 Å². The van der Waals surface area contributed by atoms with Crippen molar-refractivity contribution in [3.63, 3.8) is 0 Å². The maximum Gasteiger partial charge on any atom is 0.313 e. The van der Waals surface area contributed by atoms with E-state index in [9.17, 15) is 9.59 Å². The highest BCUT2D eigenvalue weighted by Crippen LogP contribution is 2.25. The second kappa shape index (κ2) is 6.78. The molecule has 0 heterocycles. The van der Waals surface area contributed by atoms with E-state index in [1.54, 1.807) is 32.0 Å². The summed E-state index contributed by atoms with van der Waals surface area (Å²) in [7, 11) is 2.98. The summed E-state index contributed by atoms with van der Waals surface area (Å²) in [6, 6.07) is 4.81. The second-order valence-electron chi connectivity index (χ2n) is 4.20. The van der Waals surface area contributed by atoms with Crippen LogP contribution in [-0.2, 0) is 9.53 Å². The summed E-state index contributed by atoms with van der Waals surface area (Å²) in [5, 5.41) is 0. The van der Waals surface area contributed by atoms with Crippen molar-refractivity contribution in [2.75, 3.05) is 14.2 Å². The number of ketones is 1. The second-order valence-corrected chi connectivity index (χ2v) is 4.20. The van der Waals surface area contributed by atoms with Crippen LogP contribution in [0.2, 0.25) is 0 Å². The number of methoxy groups -OCH3 is 2. The molecule has 1 rings (SSSR count). The Hall–Kier alpha value is -2.04. The highest BCUT2D eigenvalue weighted by molar-refractivity contribution is 6.07. The molecule has 1 aromatic rings. The van der Waals surface area contributed by atoms with Gasteiger partial charge in [0.1, 0.15) is 17.9 Å². The van der Waals surface area contributed by atoms with Crippen LogP contribution < -0.4 is 9.47 Å². The van der Waals surface area contributed by atoms with Gasteiger partial charge in [-0.15, -0.1) is 0 Å². The van der Waals surface area contributed by atoms with Gasteiger partial charge in [0.2, 0.25) is 0 Å². The van der Waals surface area contributed by atoms with Gasteiger partial charge in [-0.25, -0.2) is 0 Å². The molecule has 104 valence electrons. The topological polar surface area (TPSA) is 61.8 Å². The van der Waals surface area contributed by atoms with Crippen molar-refractivity contribution in [1.29, 1.82) is 0 Å². The number of carbonyl (C=O) groups excluding carboxylic acids is 2. The number of esters is 1. The minimum absolute atomic E-state index is 0.238. The fourth-order valence-corrected chi connectivity index (χ4v) is 1.56. The Balaban J connectivity index is 2.84. The Labute approximate surface area is 112 Å². The molecule has 5 heteroatoms. The molecule has 19 heavy (non-hydrogen) atoms. The Kier molecular flexibility index (Phi) is 5.36. The van der Waals surface area contributed by atoms with E-state index in [-0.39, 0.29) is 18.3 Å². The number of benzene rings is 1. The van der Waals surface area contributed by atoms with Crippen LogP contribution in [0.15, 0.2) is 18.2 Å². The van der Waals surface area contributed by atoms with Crippen LogP contribution in [0.3, 0.4) is 0 Å². The molecule has 0 atom stereocenters. The highest BCUT2D eigenvalue weighted by atomic mass is 16.5. The number of rotatable bonds is 6. The lowest BCUT2D eigenvalue weighted by Gasteiger charge is -2.10. The Morgan fingerprint density at radius 3 is 2.37 bits per heavy atom. The average Bonchev–Trinajstić information content (AvgIpc) is 2.36. The Morgan fingerprint density at radius 2 is 1.84 bits per heavy atom. The molecule has 0 saturated heterocycles. The van der Waals surface area contributed by atoms with Crippen molar-refractivity contribution >= 4 is 11.8 Å². The molecule has 5 nitrogen and oxygen atoms in total. The zero-order valence-electron chi connectivity index (χ0n) is 11.6. The van der Waals surface area contributed by atoms with Gasteiger partial charge in [0.15, 0.2) is 5.78 Å². The molecule has 0 unspecified atom stereocenters. The number of Topliss-reactive ketones (excluding diaryl/α,β-unsaturated/α-hetero) is 1. The molecule has 0 radical (unpaired) electrons. The SMILES string of the molecule is COc1ccc(C(=O)CC(=O)OC(C)C)c(OC)c1. The standard InChI is InChI=1S/C14H18O5/c1-9(2)19-14(16)8-12(15)11-6-5-10(17-3)7-13(11)18-4/h5-7,9H,8H2,1-4H3. The quantitative estimate of drug-likeness (QED) is 0.449. The Morgan fingerprint density at radius 1 is 1.16 bits per heavy atom. The molecular formula is C14H18O5. The first-order chi connectivity index (χ1) is 8.97. The molecule has 0 aliphatic rings. The van der Waals surface area contributed by atoms with E-state index in [2.05, 4.69) is 0 Å². The molecule has 0 spiro atoms. The predicted molar refractivity (Wildman–Crippen MR) is 69.7 cm³/mol. The predicted octanol–water partition coefficient (Wildman–Crippen LogP) is 2.23. The average molecular weight is 266 g/mol. The first-order valence-electron chi connectivity index (χ1n) is 5.92. The fourth-order valence-electron chi connectivity index (χ4n) is 1.56. The van der Waals surface area contributed by atoms with Crippen LogP contribution in [-0.4, -0.2) is 32.1 Å². The van der Waals surface area contributed by atoms with Gasteiger partial charge >= 0.3 is 5.97 Å². The van der Waals surface area contributed by atoms with Gasteiger partial charge in [-0.1, -0.05) is 0 Å². The van der Waals surface area contributed by atoms with Gasteiger partial charge in [-0.05, 0) is 26.0 Å². The van der Waals surface area contributed by atoms with E-state index < -0.39 is 5.97 Å². The van der Waals surface area contributed by atoms with E-state index in [4.69, 9.17) is 14.2 Å². The highest BCUT2D eigenvalue weighted by Gasteiger charge is 2.18. The van der Waals surface area contributed by atoms with Crippen LogP contribution in [0.25, 0.3) is 0 Å². The largest absolute Gasteiger partial charge is 0.497 e. The molecule has 0 aliphatic heterocycles. The molecule has 1 aromatic carbocycles. The van der Waals surface area contributed by atoms with Gasteiger partial charge in [0, 0.05) is 6.07 Å². The first-order valence-corrected chi connectivity index (χ1v) is 5.92. The Bertz CT molecular complexity index is 465. The van der Waals surface area contributed by atoms with Crippen LogP contribution >= 0.6 is 0 Å². The minimum atomic E-state index is -0.544. The monoisotopic (exact) mass is 266 g/mol. The maximum atomic E-state index is 12.0. The van der Waals surface area contributed by atoms with Crippen LogP contribution in [0.1, 0.15) is 30.6 Å². The normalized spacial score (nSPS) is 10.2. The molecule has 0 fully saturated rings. The van der Waals surface area contributed by atoms with Crippen molar-refractivity contribution < 1.29 is 23.8 Å². The van der Waals surface area contributed by atoms with Crippen molar-refractivity contribution in [2.24, 2.45) is 0 Å². The number of hydrogen-bond donors (Lipinski definition) is 0. The van der Waals surface area contributed by atoms with Crippen molar-refractivity contribution in [3.05, 3.63) is 23.8 Å². The number of ether oxygens (including phenoxy) is 3. The molecule has 0 saturated carbocycles. The van der Waals surface area contributed by atoms with E-state index in [0.717, 1.165) is 0 Å². The lowest BCUT2D eigenvalue weighted by Crippen LogP contribution is -2.16. The molecule has 0 amide bonds. The third kappa shape index (κ3) is 4.28.